The van der Waals surface area contributed by atoms with Gasteiger partial charge in [-0.3, -0.25) is 10.0 Å². The molecule has 64 valence electrons. The third-order valence-electron chi connectivity index (χ3n) is 1.45. The number of carbonyl (C=O) groups is 1. The summed E-state index contributed by atoms with van der Waals surface area (Å²) in [6, 6.07) is 6.74. The second kappa shape index (κ2) is 4.09. The smallest absolute Gasteiger partial charge is 0.274 e. The molecule has 0 fully saturated rings. The number of nitrogens with one attached hydrogen (secondary N) is 1. The molecule has 1 aromatic carbocycles. The highest BCUT2D eigenvalue weighted by molar-refractivity contribution is 6.17. The molecule has 1 amide bonds. The summed E-state index contributed by atoms with van der Waals surface area (Å²) in [5.41, 5.74) is 2.79. The lowest BCUT2D eigenvalue weighted by Gasteiger charge is -1.99. The maximum absolute atomic E-state index is 10.9. The first-order valence-corrected chi connectivity index (χ1v) is 3.90. The Morgan fingerprint density at radius 1 is 1.58 bits per heavy atom. The van der Waals surface area contributed by atoms with Crippen LogP contribution < -0.4 is 5.48 Å². The summed E-state index contributed by atoms with van der Waals surface area (Å²) in [5.74, 6) is -0.172. The molecule has 0 aliphatic rings. The fraction of sp³-hybridized carbons (Fsp3) is 0.125. The Kier molecular flexibility index (Phi) is 3.08. The van der Waals surface area contributed by atoms with Crippen LogP contribution in [0.3, 0.4) is 0 Å². The van der Waals surface area contributed by atoms with E-state index in [4.69, 9.17) is 16.8 Å². The van der Waals surface area contributed by atoms with Crippen LogP contribution in [0.2, 0.25) is 0 Å². The Labute approximate surface area is 74.9 Å². The van der Waals surface area contributed by atoms with E-state index in [1.807, 2.05) is 0 Å². The van der Waals surface area contributed by atoms with Gasteiger partial charge in [-0.2, -0.15) is 0 Å². The van der Waals surface area contributed by atoms with E-state index in [-0.39, 0.29) is 0 Å². The monoisotopic (exact) mass is 185 g/mol. The minimum atomic E-state index is -0.526. The van der Waals surface area contributed by atoms with Crippen molar-refractivity contribution in [3.8, 4) is 0 Å². The van der Waals surface area contributed by atoms with Gasteiger partial charge in [0, 0.05) is 11.4 Å². The van der Waals surface area contributed by atoms with Crippen LogP contribution in [-0.2, 0) is 5.88 Å². The van der Waals surface area contributed by atoms with Crippen LogP contribution in [0.1, 0.15) is 15.9 Å². The topological polar surface area (TPSA) is 49.3 Å². The number of hydrogen-bond donors (Lipinski definition) is 2. The Morgan fingerprint density at radius 3 is 2.92 bits per heavy atom. The van der Waals surface area contributed by atoms with Crippen molar-refractivity contribution in [2.75, 3.05) is 0 Å². The van der Waals surface area contributed by atoms with Gasteiger partial charge in [0.05, 0.1) is 0 Å². The first-order valence-electron chi connectivity index (χ1n) is 3.37. The molecule has 0 bridgehead atoms. The molecule has 0 saturated carbocycles. The lowest BCUT2D eigenvalue weighted by molar-refractivity contribution is 0.0706. The highest BCUT2D eigenvalue weighted by Gasteiger charge is 2.02. The van der Waals surface area contributed by atoms with Gasteiger partial charge in [0.1, 0.15) is 0 Å². The second-order valence-corrected chi connectivity index (χ2v) is 2.54. The van der Waals surface area contributed by atoms with Gasteiger partial charge in [-0.1, -0.05) is 12.1 Å². The summed E-state index contributed by atoms with van der Waals surface area (Å²) in [6.45, 7) is 0. The first-order chi connectivity index (χ1) is 5.77. The van der Waals surface area contributed by atoms with Crippen molar-refractivity contribution in [2.24, 2.45) is 0 Å². The molecule has 1 rings (SSSR count). The van der Waals surface area contributed by atoms with Gasteiger partial charge in [-0.05, 0) is 17.7 Å². The molecule has 0 spiro atoms. The molecule has 1 aromatic rings. The van der Waals surface area contributed by atoms with Gasteiger partial charge in [-0.25, -0.2) is 5.48 Å². The van der Waals surface area contributed by atoms with Crippen LogP contribution in [0, 0.1) is 0 Å². The van der Waals surface area contributed by atoms with Crippen LogP contribution >= 0.6 is 11.6 Å². The Hall–Kier alpha value is -1.06. The van der Waals surface area contributed by atoms with Gasteiger partial charge in [0.25, 0.3) is 5.91 Å². The Balaban J connectivity index is 2.93. The summed E-state index contributed by atoms with van der Waals surface area (Å²) in [6.07, 6.45) is 0. The lowest BCUT2D eigenvalue weighted by Crippen LogP contribution is -2.18. The minimum Gasteiger partial charge on any atom is -0.288 e. The normalized spacial score (nSPS) is 9.50. The van der Waals surface area contributed by atoms with E-state index in [2.05, 4.69) is 0 Å². The lowest BCUT2D eigenvalue weighted by atomic mass is 10.1. The van der Waals surface area contributed by atoms with Crippen molar-refractivity contribution >= 4 is 17.5 Å². The number of hydroxylamine groups is 1. The molecule has 0 heterocycles. The van der Waals surface area contributed by atoms with Crippen LogP contribution in [0.25, 0.3) is 0 Å². The summed E-state index contributed by atoms with van der Waals surface area (Å²) < 4.78 is 0. The fourth-order valence-corrected chi connectivity index (χ4v) is 1.03. The van der Waals surface area contributed by atoms with Gasteiger partial charge >= 0.3 is 0 Å². The van der Waals surface area contributed by atoms with Crippen molar-refractivity contribution in [1.29, 1.82) is 0 Å². The maximum Gasteiger partial charge on any atom is 0.274 e. The summed E-state index contributed by atoms with van der Waals surface area (Å²) in [5, 5.41) is 8.32. The molecule has 12 heavy (non-hydrogen) atoms. The van der Waals surface area contributed by atoms with Crippen LogP contribution in [0.5, 0.6) is 0 Å². The van der Waals surface area contributed by atoms with Crippen molar-refractivity contribution in [2.45, 2.75) is 5.88 Å². The Bertz CT molecular complexity index is 288. The quantitative estimate of drug-likeness (QED) is 0.417. The number of carbonyl (C=O) groups excluding carboxylic acids is 1. The van der Waals surface area contributed by atoms with Crippen molar-refractivity contribution < 1.29 is 10.0 Å². The molecule has 0 aromatic heterocycles. The first kappa shape index (κ1) is 9.03. The molecule has 2 N–H and O–H groups in total. The van der Waals surface area contributed by atoms with Crippen LogP contribution in [0.4, 0.5) is 0 Å². The number of hydrogen-bond acceptors (Lipinski definition) is 2. The zero-order valence-electron chi connectivity index (χ0n) is 6.25. The molecule has 3 nitrogen and oxygen atoms in total. The second-order valence-electron chi connectivity index (χ2n) is 2.27. The number of rotatable bonds is 2. The van der Waals surface area contributed by atoms with Crippen molar-refractivity contribution in [1.82, 2.24) is 5.48 Å². The van der Waals surface area contributed by atoms with Gasteiger partial charge < -0.3 is 0 Å². The average molecular weight is 186 g/mol. The SMILES string of the molecule is O=C(NO)c1cccc(CCl)c1. The summed E-state index contributed by atoms with van der Waals surface area (Å²) in [7, 11) is 0. The maximum atomic E-state index is 10.9. The van der Waals surface area contributed by atoms with E-state index in [1.54, 1.807) is 29.7 Å². The van der Waals surface area contributed by atoms with E-state index in [1.165, 1.54) is 0 Å². The van der Waals surface area contributed by atoms with Crippen molar-refractivity contribution in [3.63, 3.8) is 0 Å². The van der Waals surface area contributed by atoms with E-state index in [9.17, 15) is 4.79 Å². The molecule has 4 heteroatoms. The minimum absolute atomic E-state index is 0.354. The molecular formula is C8H8ClNO2. The number of amides is 1. The third-order valence-corrected chi connectivity index (χ3v) is 1.75. The molecule has 0 saturated heterocycles. The van der Waals surface area contributed by atoms with E-state index in [0.717, 1.165) is 5.56 Å². The summed E-state index contributed by atoms with van der Waals surface area (Å²) in [4.78, 5) is 10.9. The Morgan fingerprint density at radius 2 is 2.33 bits per heavy atom. The molecule has 0 radical (unpaired) electrons. The highest BCUT2D eigenvalue weighted by atomic mass is 35.5. The molecule has 0 atom stereocenters. The van der Waals surface area contributed by atoms with E-state index < -0.39 is 5.91 Å². The van der Waals surface area contributed by atoms with Gasteiger partial charge in [-0.15, -0.1) is 11.6 Å². The van der Waals surface area contributed by atoms with Gasteiger partial charge in [0.2, 0.25) is 0 Å². The summed E-state index contributed by atoms with van der Waals surface area (Å²) >= 11 is 5.55. The predicted octanol–water partition coefficient (Wildman–Crippen LogP) is 1.54. The number of alkyl halides is 1. The fourth-order valence-electron chi connectivity index (χ4n) is 0.860. The predicted molar refractivity (Wildman–Crippen MR) is 45.3 cm³/mol. The third kappa shape index (κ3) is 1.96. The van der Waals surface area contributed by atoms with Crippen LogP contribution in [-0.4, -0.2) is 11.1 Å². The van der Waals surface area contributed by atoms with Crippen molar-refractivity contribution in [3.05, 3.63) is 35.4 Å². The molecule has 0 unspecified atom stereocenters. The zero-order chi connectivity index (χ0) is 8.97. The van der Waals surface area contributed by atoms with E-state index >= 15 is 0 Å². The average Bonchev–Trinajstić information content (AvgIpc) is 2.17. The zero-order valence-corrected chi connectivity index (χ0v) is 7.01. The largest absolute Gasteiger partial charge is 0.288 e. The standard InChI is InChI=1S/C8H8ClNO2/c9-5-6-2-1-3-7(4-6)8(11)10-12/h1-4,12H,5H2,(H,10,11). The van der Waals surface area contributed by atoms with Gasteiger partial charge in [0.15, 0.2) is 0 Å². The number of halogens is 1. The molecule has 0 aliphatic heterocycles. The molecule has 0 aliphatic carbocycles. The highest BCUT2D eigenvalue weighted by Crippen LogP contribution is 2.07. The molecular weight excluding hydrogens is 178 g/mol. The number of benzene rings is 1. The van der Waals surface area contributed by atoms with E-state index in [0.29, 0.717) is 11.4 Å². The van der Waals surface area contributed by atoms with Crippen LogP contribution in [0.15, 0.2) is 24.3 Å².